The molecule has 2 N–H and O–H groups in total. The smallest absolute Gasteiger partial charge is 0.287 e. The predicted molar refractivity (Wildman–Crippen MR) is 77.6 cm³/mol. The molecule has 108 valence electrons. The van der Waals surface area contributed by atoms with E-state index in [2.05, 4.69) is 5.32 Å². The van der Waals surface area contributed by atoms with E-state index in [4.69, 9.17) is 4.42 Å². The Kier molecular flexibility index (Phi) is 4.42. The van der Waals surface area contributed by atoms with Crippen LogP contribution in [0.4, 0.5) is 0 Å². The number of benzene rings is 1. The molecule has 1 aromatic heterocycles. The second-order valence-electron chi connectivity index (χ2n) is 5.20. The third-order valence-corrected chi connectivity index (χ3v) is 2.94. The van der Waals surface area contributed by atoms with Gasteiger partial charge in [-0.15, -0.1) is 0 Å². The lowest BCUT2D eigenvalue weighted by molar-refractivity contribution is 0.0896. The van der Waals surface area contributed by atoms with Crippen LogP contribution in [0.25, 0.3) is 11.0 Å². The van der Waals surface area contributed by atoms with Crippen LogP contribution < -0.4 is 5.32 Å². The quantitative estimate of drug-likeness (QED) is 0.870. The average molecular weight is 276 g/mol. The van der Waals surface area contributed by atoms with Gasteiger partial charge in [0.25, 0.3) is 5.91 Å². The average Bonchev–Trinajstić information content (AvgIpc) is 2.74. The van der Waals surface area contributed by atoms with Gasteiger partial charge >= 0.3 is 0 Å². The maximum atomic E-state index is 12.2. The molecule has 1 aromatic carbocycles. The Labute approximate surface area is 118 Å². The zero-order valence-corrected chi connectivity index (χ0v) is 12.0. The van der Waals surface area contributed by atoms with Gasteiger partial charge < -0.3 is 19.7 Å². The summed E-state index contributed by atoms with van der Waals surface area (Å²) >= 11 is 0. The van der Waals surface area contributed by atoms with Crippen LogP contribution in [0.2, 0.25) is 0 Å². The summed E-state index contributed by atoms with van der Waals surface area (Å²) in [5, 5.41) is 12.9. The number of nitrogens with one attached hydrogen (secondary N) is 1. The second-order valence-corrected chi connectivity index (χ2v) is 5.20. The van der Waals surface area contributed by atoms with Crippen molar-refractivity contribution in [2.24, 2.45) is 0 Å². The number of furan rings is 1. The van der Waals surface area contributed by atoms with E-state index in [0.717, 1.165) is 10.9 Å². The van der Waals surface area contributed by atoms with Crippen LogP contribution in [0.1, 0.15) is 23.0 Å². The van der Waals surface area contributed by atoms with Crippen LogP contribution >= 0.6 is 0 Å². The van der Waals surface area contributed by atoms with Gasteiger partial charge in [-0.25, -0.2) is 0 Å². The normalized spacial score (nSPS) is 12.8. The molecule has 0 radical (unpaired) electrons. The van der Waals surface area contributed by atoms with E-state index >= 15 is 0 Å². The molecule has 0 spiro atoms. The number of carbonyl (C=O) groups is 1. The second kappa shape index (κ2) is 6.07. The van der Waals surface area contributed by atoms with Crippen molar-refractivity contribution in [1.82, 2.24) is 10.2 Å². The van der Waals surface area contributed by atoms with E-state index in [1.165, 1.54) is 0 Å². The topological polar surface area (TPSA) is 65.7 Å². The van der Waals surface area contributed by atoms with E-state index in [0.29, 0.717) is 17.9 Å². The first-order valence-electron chi connectivity index (χ1n) is 6.60. The lowest BCUT2D eigenvalue weighted by Gasteiger charge is -2.10. The molecule has 0 bridgehead atoms. The van der Waals surface area contributed by atoms with Crippen molar-refractivity contribution in [1.29, 1.82) is 0 Å². The Morgan fingerprint density at radius 2 is 2.10 bits per heavy atom. The number of hydrogen-bond donors (Lipinski definition) is 2. The molecule has 5 heteroatoms. The van der Waals surface area contributed by atoms with Gasteiger partial charge in [0.1, 0.15) is 5.58 Å². The first-order chi connectivity index (χ1) is 9.49. The third-order valence-electron chi connectivity index (χ3n) is 2.94. The maximum Gasteiger partial charge on any atom is 0.287 e. The highest BCUT2D eigenvalue weighted by Crippen LogP contribution is 2.26. The van der Waals surface area contributed by atoms with Gasteiger partial charge in [0.15, 0.2) is 5.76 Å². The van der Waals surface area contributed by atoms with Crippen molar-refractivity contribution < 1.29 is 14.3 Å². The molecule has 5 nitrogen and oxygen atoms in total. The van der Waals surface area contributed by atoms with Gasteiger partial charge in [-0.05, 0) is 27.1 Å². The van der Waals surface area contributed by atoms with Gasteiger partial charge in [0, 0.05) is 24.0 Å². The van der Waals surface area contributed by atoms with E-state index in [1.807, 2.05) is 43.3 Å². The summed E-state index contributed by atoms with van der Waals surface area (Å²) in [6, 6.07) is 7.60. The summed E-state index contributed by atoms with van der Waals surface area (Å²) in [6.07, 6.45) is -0.583. The minimum Gasteiger partial charge on any atom is -0.451 e. The first-order valence-corrected chi connectivity index (χ1v) is 6.60. The standard InChI is InChI=1S/C15H20N2O3/c1-10(18)8-16-15(19)14-12(9-17(2)3)11-6-4-5-7-13(11)20-14/h4-7,10,18H,8-9H2,1-3H3,(H,16,19). The SMILES string of the molecule is CC(O)CNC(=O)c1oc2ccccc2c1CN(C)C. The number of nitrogens with zero attached hydrogens (tertiary/aromatic N) is 1. The van der Waals surface area contributed by atoms with Gasteiger partial charge in [-0.2, -0.15) is 0 Å². The molecular formula is C15H20N2O3. The number of hydrogen-bond acceptors (Lipinski definition) is 4. The van der Waals surface area contributed by atoms with Crippen LogP contribution in [0, 0.1) is 0 Å². The molecule has 1 atom stereocenters. The number of para-hydroxylation sites is 1. The summed E-state index contributed by atoms with van der Waals surface area (Å²) in [5.74, 6) is 0.0273. The van der Waals surface area contributed by atoms with Crippen molar-refractivity contribution in [2.45, 2.75) is 19.6 Å². The lowest BCUT2D eigenvalue weighted by atomic mass is 10.1. The highest BCUT2D eigenvalue weighted by Gasteiger charge is 2.20. The molecule has 1 heterocycles. The van der Waals surface area contributed by atoms with Crippen LogP contribution in [-0.4, -0.2) is 42.7 Å². The predicted octanol–water partition coefficient (Wildman–Crippen LogP) is 1.61. The molecule has 0 aliphatic heterocycles. The van der Waals surface area contributed by atoms with E-state index in [-0.39, 0.29) is 12.5 Å². The minimum atomic E-state index is -0.583. The van der Waals surface area contributed by atoms with Gasteiger partial charge in [-0.3, -0.25) is 4.79 Å². The third kappa shape index (κ3) is 3.18. The molecule has 1 unspecified atom stereocenters. The Morgan fingerprint density at radius 1 is 1.40 bits per heavy atom. The van der Waals surface area contributed by atoms with Gasteiger partial charge in [0.2, 0.25) is 0 Å². The fourth-order valence-corrected chi connectivity index (χ4v) is 2.08. The van der Waals surface area contributed by atoms with Gasteiger partial charge in [-0.1, -0.05) is 18.2 Å². The molecule has 0 saturated carbocycles. The van der Waals surface area contributed by atoms with E-state index < -0.39 is 6.10 Å². The molecular weight excluding hydrogens is 256 g/mol. The van der Waals surface area contributed by atoms with Crippen LogP contribution in [0.15, 0.2) is 28.7 Å². The fourth-order valence-electron chi connectivity index (χ4n) is 2.08. The van der Waals surface area contributed by atoms with Crippen molar-refractivity contribution in [3.8, 4) is 0 Å². The molecule has 2 rings (SSSR count). The maximum absolute atomic E-state index is 12.2. The molecule has 1 amide bonds. The number of aliphatic hydroxyl groups is 1. The number of rotatable bonds is 5. The molecule has 0 saturated heterocycles. The van der Waals surface area contributed by atoms with Crippen molar-refractivity contribution in [2.75, 3.05) is 20.6 Å². The fraction of sp³-hybridized carbons (Fsp3) is 0.400. The zero-order valence-electron chi connectivity index (χ0n) is 12.0. The Morgan fingerprint density at radius 3 is 2.75 bits per heavy atom. The highest BCUT2D eigenvalue weighted by molar-refractivity contribution is 5.99. The number of aliphatic hydroxyl groups excluding tert-OH is 1. The van der Waals surface area contributed by atoms with Crippen molar-refractivity contribution >= 4 is 16.9 Å². The van der Waals surface area contributed by atoms with Crippen molar-refractivity contribution in [3.63, 3.8) is 0 Å². The Bertz CT molecular complexity index is 602. The first kappa shape index (κ1) is 14.6. The zero-order chi connectivity index (χ0) is 14.7. The summed E-state index contributed by atoms with van der Waals surface area (Å²) in [4.78, 5) is 14.2. The molecule has 2 aromatic rings. The highest BCUT2D eigenvalue weighted by atomic mass is 16.3. The molecule has 0 aliphatic carbocycles. The van der Waals surface area contributed by atoms with Crippen LogP contribution in [0.5, 0.6) is 0 Å². The summed E-state index contributed by atoms with van der Waals surface area (Å²) in [6.45, 7) is 2.45. The number of fused-ring (bicyclic) bond motifs is 1. The Hall–Kier alpha value is -1.85. The summed E-state index contributed by atoms with van der Waals surface area (Å²) in [5.41, 5.74) is 1.57. The largest absolute Gasteiger partial charge is 0.451 e. The van der Waals surface area contributed by atoms with Crippen LogP contribution in [0.3, 0.4) is 0 Å². The van der Waals surface area contributed by atoms with E-state index in [9.17, 15) is 9.90 Å². The molecule has 20 heavy (non-hydrogen) atoms. The summed E-state index contributed by atoms with van der Waals surface area (Å²) < 4.78 is 5.67. The minimum absolute atomic E-state index is 0.206. The number of amides is 1. The van der Waals surface area contributed by atoms with Crippen molar-refractivity contribution in [3.05, 3.63) is 35.6 Å². The van der Waals surface area contributed by atoms with E-state index in [1.54, 1.807) is 6.92 Å². The summed E-state index contributed by atoms with van der Waals surface area (Å²) in [7, 11) is 3.89. The number of carbonyl (C=O) groups excluding carboxylic acids is 1. The monoisotopic (exact) mass is 276 g/mol. The molecule has 0 aliphatic rings. The molecule has 0 fully saturated rings. The Balaban J connectivity index is 2.38. The lowest BCUT2D eigenvalue weighted by Crippen LogP contribution is -2.31. The van der Waals surface area contributed by atoms with Gasteiger partial charge in [0.05, 0.1) is 6.10 Å². The van der Waals surface area contributed by atoms with Crippen LogP contribution in [-0.2, 0) is 6.54 Å².